The van der Waals surface area contributed by atoms with Gasteiger partial charge in [-0.2, -0.15) is 5.10 Å². The van der Waals surface area contributed by atoms with Crippen molar-refractivity contribution in [1.82, 2.24) is 24.5 Å². The molecule has 1 N–H and O–H groups in total. The molecule has 2 heterocycles. The highest BCUT2D eigenvalue weighted by Crippen LogP contribution is 2.28. The molecule has 0 spiro atoms. The van der Waals surface area contributed by atoms with Crippen LogP contribution in [0.15, 0.2) is 30.6 Å². The Kier molecular flexibility index (Phi) is 5.71. The fourth-order valence-electron chi connectivity index (χ4n) is 2.39. The van der Waals surface area contributed by atoms with Gasteiger partial charge in [0.05, 0.1) is 17.3 Å². The molecule has 11 heteroatoms. The number of aromatic nitrogens is 5. The molecule has 1 amide bonds. The Bertz CT molecular complexity index is 972. The highest BCUT2D eigenvalue weighted by Gasteiger charge is 2.21. The molecule has 2 aromatic heterocycles. The molecule has 0 aliphatic rings. The predicted molar refractivity (Wildman–Crippen MR) is 96.1 cm³/mol. The van der Waals surface area contributed by atoms with Crippen molar-refractivity contribution in [3.05, 3.63) is 57.6 Å². The fraction of sp³-hybridized carbons (Fsp3) is 0.250. The molecule has 0 atom stereocenters. The maximum atomic E-state index is 12.8. The Morgan fingerprint density at radius 1 is 1.30 bits per heavy atom. The molecule has 142 valence electrons. The van der Waals surface area contributed by atoms with Crippen LogP contribution in [0.3, 0.4) is 0 Å². The summed E-state index contributed by atoms with van der Waals surface area (Å²) in [4.78, 5) is 16.1. The van der Waals surface area contributed by atoms with Gasteiger partial charge < -0.3 is 0 Å². The number of nitrogens with one attached hydrogen (secondary N) is 1. The van der Waals surface area contributed by atoms with Crippen LogP contribution in [0.25, 0.3) is 0 Å². The van der Waals surface area contributed by atoms with Gasteiger partial charge in [-0.05, 0) is 24.6 Å². The van der Waals surface area contributed by atoms with Crippen LogP contribution >= 0.6 is 23.2 Å². The number of rotatable bonds is 6. The van der Waals surface area contributed by atoms with E-state index in [-0.39, 0.29) is 23.2 Å². The number of benzene rings is 1. The maximum absolute atomic E-state index is 12.8. The lowest BCUT2D eigenvalue weighted by Gasteiger charge is -2.04. The van der Waals surface area contributed by atoms with Gasteiger partial charge in [-0.1, -0.05) is 35.3 Å². The van der Waals surface area contributed by atoms with E-state index in [0.717, 1.165) is 10.2 Å². The molecule has 0 unspecified atom stereocenters. The van der Waals surface area contributed by atoms with Crippen LogP contribution in [0.4, 0.5) is 14.7 Å². The molecular weight excluding hydrogens is 401 g/mol. The summed E-state index contributed by atoms with van der Waals surface area (Å²) in [7, 11) is 0. The monoisotopic (exact) mass is 414 g/mol. The van der Waals surface area contributed by atoms with E-state index in [9.17, 15) is 13.6 Å². The molecule has 0 fully saturated rings. The molecule has 0 radical (unpaired) electrons. The van der Waals surface area contributed by atoms with E-state index in [2.05, 4.69) is 20.5 Å². The van der Waals surface area contributed by atoms with Crippen LogP contribution in [-0.2, 0) is 17.9 Å². The quantitative estimate of drug-likeness (QED) is 0.666. The molecule has 0 saturated carbocycles. The first-order valence-electron chi connectivity index (χ1n) is 7.78. The van der Waals surface area contributed by atoms with E-state index in [1.807, 2.05) is 12.1 Å². The topological polar surface area (TPSA) is 77.6 Å². The summed E-state index contributed by atoms with van der Waals surface area (Å²) < 4.78 is 28.3. The molecule has 0 saturated heterocycles. The van der Waals surface area contributed by atoms with Crippen molar-refractivity contribution in [3.63, 3.8) is 0 Å². The molecule has 0 aliphatic carbocycles. The molecule has 0 aliphatic heterocycles. The first-order chi connectivity index (χ1) is 12.8. The normalized spacial score (nSPS) is 11.2. The summed E-state index contributed by atoms with van der Waals surface area (Å²) >= 11 is 11.8. The van der Waals surface area contributed by atoms with Crippen molar-refractivity contribution >= 4 is 35.1 Å². The lowest BCUT2D eigenvalue weighted by molar-refractivity contribution is -0.117. The largest absolute Gasteiger partial charge is 0.292 e. The van der Waals surface area contributed by atoms with Gasteiger partial charge in [0.2, 0.25) is 11.9 Å². The minimum atomic E-state index is -2.82. The minimum absolute atomic E-state index is 0.0898. The van der Waals surface area contributed by atoms with Crippen molar-refractivity contribution in [3.8, 4) is 0 Å². The molecule has 0 bridgehead atoms. The number of nitrogens with zero attached hydrogens (tertiary/aromatic N) is 5. The first-order valence-corrected chi connectivity index (χ1v) is 8.53. The molecular formula is C16H14Cl2F2N6O. The zero-order chi connectivity index (χ0) is 19.6. The first kappa shape index (κ1) is 19.2. The highest BCUT2D eigenvalue weighted by atomic mass is 35.5. The van der Waals surface area contributed by atoms with E-state index in [1.165, 1.54) is 17.9 Å². The SMILES string of the molecule is Cc1c(Cl)c(C(F)F)nn1CC(=O)Nc1ncn(Cc2cccc(Cl)c2)n1. The summed E-state index contributed by atoms with van der Waals surface area (Å²) in [6, 6.07) is 7.27. The van der Waals surface area contributed by atoms with Crippen molar-refractivity contribution in [2.75, 3.05) is 5.32 Å². The standard InChI is InChI=1S/C16H14Cl2F2N6O/c1-9-13(18)14(15(19)20)23-26(9)7-12(27)22-16-21-8-25(24-16)6-10-3-2-4-11(17)5-10/h2-5,8,15H,6-7H2,1H3,(H,22,24,27). The smallest absolute Gasteiger partial charge is 0.283 e. The zero-order valence-corrected chi connectivity index (χ0v) is 15.5. The molecule has 1 aromatic carbocycles. The van der Waals surface area contributed by atoms with Crippen LogP contribution < -0.4 is 5.32 Å². The van der Waals surface area contributed by atoms with Crippen molar-refractivity contribution in [2.45, 2.75) is 26.4 Å². The highest BCUT2D eigenvalue weighted by molar-refractivity contribution is 6.32. The summed E-state index contributed by atoms with van der Waals surface area (Å²) in [5.41, 5.74) is 0.652. The number of carbonyl (C=O) groups excluding carboxylic acids is 1. The molecule has 3 aromatic rings. The number of anilines is 1. The lowest BCUT2D eigenvalue weighted by Crippen LogP contribution is -2.21. The van der Waals surface area contributed by atoms with E-state index >= 15 is 0 Å². The van der Waals surface area contributed by atoms with Gasteiger partial charge >= 0.3 is 0 Å². The Hall–Kier alpha value is -2.52. The summed E-state index contributed by atoms with van der Waals surface area (Å²) in [6.07, 6.45) is -1.36. The number of hydrogen-bond acceptors (Lipinski definition) is 4. The number of alkyl halides is 2. The Morgan fingerprint density at radius 2 is 2.07 bits per heavy atom. The Morgan fingerprint density at radius 3 is 2.74 bits per heavy atom. The summed E-state index contributed by atoms with van der Waals surface area (Å²) in [5, 5.41) is 10.8. The molecule has 7 nitrogen and oxygen atoms in total. The second-order valence-electron chi connectivity index (χ2n) is 5.69. The van der Waals surface area contributed by atoms with Gasteiger partial charge in [0, 0.05) is 5.02 Å². The predicted octanol–water partition coefficient (Wildman–Crippen LogP) is 3.71. The van der Waals surface area contributed by atoms with E-state index in [4.69, 9.17) is 23.2 Å². The third kappa shape index (κ3) is 4.61. The Labute approximate surface area is 162 Å². The number of hydrogen-bond donors (Lipinski definition) is 1. The number of carbonyl (C=O) groups is 1. The Balaban J connectivity index is 1.64. The van der Waals surface area contributed by atoms with Gasteiger partial charge in [-0.25, -0.2) is 18.4 Å². The van der Waals surface area contributed by atoms with Crippen molar-refractivity contribution in [2.24, 2.45) is 0 Å². The molecule has 27 heavy (non-hydrogen) atoms. The third-order valence-corrected chi connectivity index (χ3v) is 4.38. The van der Waals surface area contributed by atoms with Crippen molar-refractivity contribution < 1.29 is 13.6 Å². The second-order valence-corrected chi connectivity index (χ2v) is 6.50. The van der Waals surface area contributed by atoms with E-state index < -0.39 is 18.0 Å². The summed E-state index contributed by atoms with van der Waals surface area (Å²) in [6.45, 7) is 1.64. The van der Waals surface area contributed by atoms with Gasteiger partial charge in [-0.3, -0.25) is 14.8 Å². The van der Waals surface area contributed by atoms with Crippen LogP contribution in [0.2, 0.25) is 10.0 Å². The van der Waals surface area contributed by atoms with E-state index in [0.29, 0.717) is 11.6 Å². The number of halogens is 4. The van der Waals surface area contributed by atoms with Crippen LogP contribution in [0, 0.1) is 6.92 Å². The van der Waals surface area contributed by atoms with Crippen molar-refractivity contribution in [1.29, 1.82) is 0 Å². The zero-order valence-electron chi connectivity index (χ0n) is 14.0. The van der Waals surface area contributed by atoms with Gasteiger partial charge in [0.25, 0.3) is 6.43 Å². The average Bonchev–Trinajstić information content (AvgIpc) is 3.14. The number of amides is 1. The fourth-order valence-corrected chi connectivity index (χ4v) is 2.82. The van der Waals surface area contributed by atoms with Crippen LogP contribution in [0.1, 0.15) is 23.4 Å². The van der Waals surface area contributed by atoms with E-state index in [1.54, 1.807) is 12.1 Å². The van der Waals surface area contributed by atoms with Crippen LogP contribution in [0.5, 0.6) is 0 Å². The van der Waals surface area contributed by atoms with Gasteiger partial charge in [0.1, 0.15) is 18.6 Å². The van der Waals surface area contributed by atoms with Crippen LogP contribution in [-0.4, -0.2) is 30.5 Å². The average molecular weight is 415 g/mol. The van der Waals surface area contributed by atoms with Gasteiger partial charge in [0.15, 0.2) is 0 Å². The minimum Gasteiger partial charge on any atom is -0.292 e. The second kappa shape index (κ2) is 8.01. The summed E-state index contributed by atoms with van der Waals surface area (Å²) in [5.74, 6) is -0.425. The maximum Gasteiger partial charge on any atom is 0.283 e. The van der Waals surface area contributed by atoms with Gasteiger partial charge in [-0.15, -0.1) is 5.10 Å². The lowest BCUT2D eigenvalue weighted by atomic mass is 10.2. The third-order valence-electron chi connectivity index (χ3n) is 3.68. The molecule has 3 rings (SSSR count).